The van der Waals surface area contributed by atoms with Gasteiger partial charge in [-0.3, -0.25) is 9.48 Å². The van der Waals surface area contributed by atoms with Crippen molar-refractivity contribution in [2.24, 2.45) is 0 Å². The Bertz CT molecular complexity index is 579. The maximum absolute atomic E-state index is 13.5. The number of amides is 1. The van der Waals surface area contributed by atoms with Crippen molar-refractivity contribution in [2.45, 2.75) is 13.5 Å². The van der Waals surface area contributed by atoms with Crippen LogP contribution in [0.25, 0.3) is 0 Å². The van der Waals surface area contributed by atoms with Gasteiger partial charge in [0.2, 0.25) is 5.91 Å². The minimum atomic E-state index is -0.455. The predicted molar refractivity (Wildman–Crippen MR) is 66.4 cm³/mol. The molecule has 0 spiro atoms. The molecule has 1 aromatic carbocycles. The highest BCUT2D eigenvalue weighted by Gasteiger charge is 2.08. The van der Waals surface area contributed by atoms with Crippen LogP contribution in [0.4, 0.5) is 15.8 Å². The summed E-state index contributed by atoms with van der Waals surface area (Å²) in [4.78, 5) is 11.6. The summed E-state index contributed by atoms with van der Waals surface area (Å²) in [5.74, 6) is -0.816. The van der Waals surface area contributed by atoms with Gasteiger partial charge < -0.3 is 11.1 Å². The van der Waals surface area contributed by atoms with Crippen molar-refractivity contribution in [3.8, 4) is 0 Å². The van der Waals surface area contributed by atoms with E-state index in [0.717, 1.165) is 5.56 Å². The monoisotopic (exact) mass is 248 g/mol. The summed E-state index contributed by atoms with van der Waals surface area (Å²) in [6.07, 6.45) is 2.98. The Morgan fingerprint density at radius 1 is 1.56 bits per heavy atom. The summed E-state index contributed by atoms with van der Waals surface area (Å²) in [5, 5.41) is 6.35. The van der Waals surface area contributed by atoms with Crippen LogP contribution in [-0.2, 0) is 11.3 Å². The van der Waals surface area contributed by atoms with E-state index in [0.29, 0.717) is 5.69 Å². The van der Waals surface area contributed by atoms with Gasteiger partial charge in [0, 0.05) is 6.20 Å². The largest absolute Gasteiger partial charge is 0.396 e. The van der Waals surface area contributed by atoms with Crippen LogP contribution in [0.2, 0.25) is 0 Å². The van der Waals surface area contributed by atoms with Crippen molar-refractivity contribution in [2.75, 3.05) is 11.1 Å². The average molecular weight is 248 g/mol. The lowest BCUT2D eigenvalue weighted by molar-refractivity contribution is -0.116. The molecule has 0 radical (unpaired) electrons. The molecular formula is C12H13FN4O. The molecule has 2 aromatic rings. The molecule has 1 aromatic heterocycles. The molecule has 0 saturated carbocycles. The van der Waals surface area contributed by atoms with Gasteiger partial charge in [-0.05, 0) is 24.6 Å². The van der Waals surface area contributed by atoms with E-state index in [1.807, 2.05) is 0 Å². The highest BCUT2D eigenvalue weighted by molar-refractivity contribution is 5.90. The molecule has 0 bridgehead atoms. The predicted octanol–water partition coefficient (Wildman–Crippen LogP) is 1.55. The zero-order valence-corrected chi connectivity index (χ0v) is 9.85. The van der Waals surface area contributed by atoms with Gasteiger partial charge in [-0.25, -0.2) is 4.39 Å². The smallest absolute Gasteiger partial charge is 0.246 e. The number of nitrogens with two attached hydrogens (primary N) is 1. The lowest BCUT2D eigenvalue weighted by Crippen LogP contribution is -2.19. The molecular weight excluding hydrogens is 235 g/mol. The van der Waals surface area contributed by atoms with Crippen LogP contribution in [0.15, 0.2) is 30.6 Å². The number of nitrogens with zero attached hydrogens (tertiary/aromatic N) is 2. The second-order valence-electron chi connectivity index (χ2n) is 4.00. The number of hydrogen-bond acceptors (Lipinski definition) is 3. The van der Waals surface area contributed by atoms with Crippen LogP contribution in [0.1, 0.15) is 5.56 Å². The number of benzene rings is 1. The molecule has 2 rings (SSSR count). The number of nitrogen functional groups attached to an aromatic ring is 1. The molecule has 18 heavy (non-hydrogen) atoms. The molecule has 94 valence electrons. The fourth-order valence-corrected chi connectivity index (χ4v) is 1.52. The Hall–Kier alpha value is -2.37. The van der Waals surface area contributed by atoms with Gasteiger partial charge >= 0.3 is 0 Å². The van der Waals surface area contributed by atoms with E-state index in [2.05, 4.69) is 10.4 Å². The van der Waals surface area contributed by atoms with Gasteiger partial charge in [-0.2, -0.15) is 5.10 Å². The molecule has 0 fully saturated rings. The SMILES string of the molecule is Cc1ccc(NC(=O)Cn2cc(N)cn2)c(F)c1. The van der Waals surface area contributed by atoms with Crippen LogP contribution in [0.5, 0.6) is 0 Å². The van der Waals surface area contributed by atoms with Gasteiger partial charge in [0.05, 0.1) is 17.6 Å². The standard InChI is InChI=1S/C12H13FN4O/c1-8-2-3-11(10(13)4-8)16-12(18)7-17-6-9(14)5-15-17/h2-6H,7,14H2,1H3,(H,16,18). The third-order valence-corrected chi connectivity index (χ3v) is 2.36. The topological polar surface area (TPSA) is 72.9 Å². The number of carbonyl (C=O) groups is 1. The van der Waals surface area contributed by atoms with E-state index in [1.165, 1.54) is 29.2 Å². The van der Waals surface area contributed by atoms with Crippen molar-refractivity contribution in [3.05, 3.63) is 42.0 Å². The molecule has 0 aliphatic carbocycles. The fraction of sp³-hybridized carbons (Fsp3) is 0.167. The number of aromatic nitrogens is 2. The summed E-state index contributed by atoms with van der Waals surface area (Å²) in [5.41, 5.74) is 6.90. The van der Waals surface area contributed by atoms with Crippen LogP contribution in [0, 0.1) is 12.7 Å². The van der Waals surface area contributed by atoms with E-state index in [1.54, 1.807) is 13.0 Å². The molecule has 1 amide bonds. The number of halogens is 1. The quantitative estimate of drug-likeness (QED) is 0.865. The number of aryl methyl sites for hydroxylation is 1. The van der Waals surface area contributed by atoms with Crippen molar-refractivity contribution in [1.29, 1.82) is 0 Å². The Morgan fingerprint density at radius 2 is 2.33 bits per heavy atom. The van der Waals surface area contributed by atoms with Crippen molar-refractivity contribution >= 4 is 17.3 Å². The summed E-state index contributed by atoms with van der Waals surface area (Å²) in [6.45, 7) is 1.77. The molecule has 0 aliphatic heterocycles. The summed E-state index contributed by atoms with van der Waals surface area (Å²) < 4.78 is 14.9. The first kappa shape index (κ1) is 12.1. The van der Waals surface area contributed by atoms with E-state index >= 15 is 0 Å². The zero-order chi connectivity index (χ0) is 13.1. The highest BCUT2D eigenvalue weighted by atomic mass is 19.1. The maximum atomic E-state index is 13.5. The molecule has 5 nitrogen and oxygen atoms in total. The lowest BCUT2D eigenvalue weighted by atomic mass is 10.2. The minimum Gasteiger partial charge on any atom is -0.396 e. The number of nitrogens with one attached hydrogen (secondary N) is 1. The van der Waals surface area contributed by atoms with Crippen LogP contribution in [0.3, 0.4) is 0 Å². The molecule has 0 aliphatic rings. The van der Waals surface area contributed by atoms with E-state index in [9.17, 15) is 9.18 Å². The maximum Gasteiger partial charge on any atom is 0.246 e. The van der Waals surface area contributed by atoms with E-state index < -0.39 is 5.82 Å². The average Bonchev–Trinajstić information content (AvgIpc) is 2.68. The van der Waals surface area contributed by atoms with Crippen LogP contribution in [-0.4, -0.2) is 15.7 Å². The van der Waals surface area contributed by atoms with Gasteiger partial charge in [0.25, 0.3) is 0 Å². The summed E-state index contributed by atoms with van der Waals surface area (Å²) in [7, 11) is 0. The number of carbonyl (C=O) groups excluding carboxylic acids is 1. The zero-order valence-electron chi connectivity index (χ0n) is 9.85. The molecule has 0 saturated heterocycles. The molecule has 0 atom stereocenters. The van der Waals surface area contributed by atoms with Gasteiger partial charge in [0.1, 0.15) is 12.4 Å². The third-order valence-electron chi connectivity index (χ3n) is 2.36. The molecule has 6 heteroatoms. The Kier molecular flexibility index (Phi) is 3.27. The first-order valence-electron chi connectivity index (χ1n) is 5.38. The van der Waals surface area contributed by atoms with E-state index in [-0.39, 0.29) is 18.1 Å². The van der Waals surface area contributed by atoms with Crippen LogP contribution >= 0.6 is 0 Å². The lowest BCUT2D eigenvalue weighted by Gasteiger charge is -2.07. The third kappa shape index (κ3) is 2.85. The van der Waals surface area contributed by atoms with Crippen molar-refractivity contribution in [1.82, 2.24) is 9.78 Å². The van der Waals surface area contributed by atoms with E-state index in [4.69, 9.17) is 5.73 Å². The Morgan fingerprint density at radius 3 is 2.94 bits per heavy atom. The first-order valence-corrected chi connectivity index (χ1v) is 5.38. The molecule has 1 heterocycles. The first-order chi connectivity index (χ1) is 8.54. The Balaban J connectivity index is 2.03. The fourth-order valence-electron chi connectivity index (χ4n) is 1.52. The van der Waals surface area contributed by atoms with Crippen molar-refractivity contribution < 1.29 is 9.18 Å². The summed E-state index contributed by atoms with van der Waals surface area (Å²) >= 11 is 0. The number of anilines is 2. The molecule has 3 N–H and O–H groups in total. The van der Waals surface area contributed by atoms with Gasteiger partial charge in [-0.15, -0.1) is 0 Å². The Labute approximate surface area is 103 Å². The highest BCUT2D eigenvalue weighted by Crippen LogP contribution is 2.15. The number of hydrogen-bond donors (Lipinski definition) is 2. The minimum absolute atomic E-state index is 0.00941. The van der Waals surface area contributed by atoms with Crippen molar-refractivity contribution in [3.63, 3.8) is 0 Å². The van der Waals surface area contributed by atoms with Crippen LogP contribution < -0.4 is 11.1 Å². The number of rotatable bonds is 3. The molecule has 0 unspecified atom stereocenters. The van der Waals surface area contributed by atoms with Gasteiger partial charge in [-0.1, -0.05) is 6.07 Å². The second-order valence-corrected chi connectivity index (χ2v) is 4.00. The normalized spacial score (nSPS) is 10.3. The second kappa shape index (κ2) is 4.87. The summed E-state index contributed by atoms with van der Waals surface area (Å²) in [6, 6.07) is 4.62. The van der Waals surface area contributed by atoms with Gasteiger partial charge in [0.15, 0.2) is 0 Å².